The van der Waals surface area contributed by atoms with E-state index < -0.39 is 0 Å². The van der Waals surface area contributed by atoms with Gasteiger partial charge < -0.3 is 15.5 Å². The highest BCUT2D eigenvalue weighted by Gasteiger charge is 2.35. The number of nitrogens with zero attached hydrogens (tertiary/aromatic N) is 3. The van der Waals surface area contributed by atoms with E-state index in [1.54, 1.807) is 0 Å². The zero-order valence-corrected chi connectivity index (χ0v) is 12.6. The number of piperidine rings is 2. The van der Waals surface area contributed by atoms with Gasteiger partial charge in [0.05, 0.1) is 0 Å². The zero-order chi connectivity index (χ0) is 14.1. The molecule has 0 aromatic carbocycles. The molecular formula is C16H26N4. The maximum absolute atomic E-state index is 6.10. The Morgan fingerprint density at radius 3 is 3.00 bits per heavy atom. The number of fused-ring (bicyclic) bond motifs is 1. The SMILES string of the molecule is C[C@H](N)c1cccnc1N1CCC2C(CCCN2C)C1. The van der Waals surface area contributed by atoms with Crippen molar-refractivity contribution in [2.45, 2.75) is 38.3 Å². The minimum absolute atomic E-state index is 0.0467. The van der Waals surface area contributed by atoms with E-state index in [4.69, 9.17) is 5.73 Å². The first-order chi connectivity index (χ1) is 9.66. The highest BCUT2D eigenvalue weighted by molar-refractivity contribution is 5.48. The topological polar surface area (TPSA) is 45.4 Å². The largest absolute Gasteiger partial charge is 0.356 e. The molecule has 4 nitrogen and oxygen atoms in total. The van der Waals surface area contributed by atoms with Crippen LogP contribution in [0.3, 0.4) is 0 Å². The van der Waals surface area contributed by atoms with E-state index in [-0.39, 0.29) is 6.04 Å². The van der Waals surface area contributed by atoms with Gasteiger partial charge in [0.1, 0.15) is 5.82 Å². The van der Waals surface area contributed by atoms with E-state index in [0.29, 0.717) is 0 Å². The van der Waals surface area contributed by atoms with Crippen LogP contribution in [0.1, 0.15) is 37.8 Å². The Labute approximate surface area is 122 Å². The minimum atomic E-state index is 0.0467. The van der Waals surface area contributed by atoms with E-state index in [1.165, 1.54) is 31.4 Å². The highest BCUT2D eigenvalue weighted by Crippen LogP contribution is 2.33. The second-order valence-electron chi connectivity index (χ2n) is 6.39. The number of rotatable bonds is 2. The van der Waals surface area contributed by atoms with E-state index in [0.717, 1.165) is 30.9 Å². The van der Waals surface area contributed by atoms with Crippen molar-refractivity contribution in [3.05, 3.63) is 23.9 Å². The number of hydrogen-bond donors (Lipinski definition) is 1. The van der Waals surface area contributed by atoms with Crippen molar-refractivity contribution in [2.75, 3.05) is 31.6 Å². The molecule has 3 heterocycles. The van der Waals surface area contributed by atoms with Gasteiger partial charge in [0.25, 0.3) is 0 Å². The van der Waals surface area contributed by atoms with Crippen LogP contribution in [0.4, 0.5) is 5.82 Å². The maximum atomic E-state index is 6.10. The maximum Gasteiger partial charge on any atom is 0.133 e. The van der Waals surface area contributed by atoms with Crippen LogP contribution in [-0.2, 0) is 0 Å². The smallest absolute Gasteiger partial charge is 0.133 e. The third kappa shape index (κ3) is 2.54. The quantitative estimate of drug-likeness (QED) is 0.896. The average molecular weight is 274 g/mol. The lowest BCUT2D eigenvalue weighted by Crippen LogP contribution is -2.53. The molecular weight excluding hydrogens is 248 g/mol. The van der Waals surface area contributed by atoms with Crippen LogP contribution in [-0.4, -0.2) is 42.6 Å². The lowest BCUT2D eigenvalue weighted by Gasteiger charge is -2.46. The molecule has 0 saturated carbocycles. The molecule has 0 aliphatic carbocycles. The number of hydrogen-bond acceptors (Lipinski definition) is 4. The summed E-state index contributed by atoms with van der Waals surface area (Å²) in [5.74, 6) is 1.89. The van der Waals surface area contributed by atoms with Gasteiger partial charge in [0, 0.05) is 36.9 Å². The van der Waals surface area contributed by atoms with Gasteiger partial charge in [0.2, 0.25) is 0 Å². The molecule has 0 radical (unpaired) electrons. The van der Waals surface area contributed by atoms with Gasteiger partial charge in [-0.3, -0.25) is 0 Å². The summed E-state index contributed by atoms with van der Waals surface area (Å²) in [5, 5.41) is 0. The van der Waals surface area contributed by atoms with Crippen LogP contribution in [0.5, 0.6) is 0 Å². The van der Waals surface area contributed by atoms with Crippen LogP contribution in [0, 0.1) is 5.92 Å². The van der Waals surface area contributed by atoms with E-state index >= 15 is 0 Å². The second kappa shape index (κ2) is 5.70. The summed E-state index contributed by atoms with van der Waals surface area (Å²) in [4.78, 5) is 9.62. The standard InChI is InChI=1S/C16H26N4/c1-12(17)14-6-3-8-18-16(14)20-10-7-15-13(11-20)5-4-9-19(15)2/h3,6,8,12-13,15H,4-5,7,9-11,17H2,1-2H3/t12-,13?,15?/m0/s1. The Kier molecular flexibility index (Phi) is 3.94. The third-order valence-corrected chi connectivity index (χ3v) is 4.95. The van der Waals surface area contributed by atoms with Gasteiger partial charge in [-0.2, -0.15) is 0 Å². The van der Waals surface area contributed by atoms with E-state index in [2.05, 4.69) is 27.9 Å². The molecule has 2 saturated heterocycles. The number of pyridine rings is 1. The molecule has 4 heteroatoms. The van der Waals surface area contributed by atoms with Crippen LogP contribution >= 0.6 is 0 Å². The molecule has 3 rings (SSSR count). The predicted molar refractivity (Wildman–Crippen MR) is 82.8 cm³/mol. The lowest BCUT2D eigenvalue weighted by molar-refractivity contribution is 0.102. The van der Waals surface area contributed by atoms with Crippen LogP contribution in [0.15, 0.2) is 18.3 Å². The summed E-state index contributed by atoms with van der Waals surface area (Å²) < 4.78 is 0. The van der Waals surface area contributed by atoms with Crippen LogP contribution in [0.25, 0.3) is 0 Å². The highest BCUT2D eigenvalue weighted by atomic mass is 15.2. The van der Waals surface area contributed by atoms with Crippen molar-refractivity contribution in [3.8, 4) is 0 Å². The van der Waals surface area contributed by atoms with Crippen LogP contribution < -0.4 is 10.6 Å². The Balaban J connectivity index is 1.79. The number of aromatic nitrogens is 1. The molecule has 0 amide bonds. The predicted octanol–water partition coefficient (Wildman–Crippen LogP) is 2.02. The van der Waals surface area contributed by atoms with Crippen molar-refractivity contribution in [1.82, 2.24) is 9.88 Å². The summed E-state index contributed by atoms with van der Waals surface area (Å²) in [6, 6.07) is 4.92. The van der Waals surface area contributed by atoms with Gasteiger partial charge in [-0.1, -0.05) is 6.07 Å². The van der Waals surface area contributed by atoms with Gasteiger partial charge in [-0.15, -0.1) is 0 Å². The molecule has 2 N–H and O–H groups in total. The summed E-state index contributed by atoms with van der Waals surface area (Å²) in [7, 11) is 2.28. The molecule has 2 fully saturated rings. The van der Waals surface area contributed by atoms with Gasteiger partial charge >= 0.3 is 0 Å². The molecule has 1 aromatic rings. The van der Waals surface area contributed by atoms with Crippen molar-refractivity contribution >= 4 is 5.82 Å². The number of nitrogens with two attached hydrogens (primary N) is 1. The second-order valence-corrected chi connectivity index (χ2v) is 6.39. The van der Waals surface area contributed by atoms with Crippen molar-refractivity contribution in [1.29, 1.82) is 0 Å². The summed E-state index contributed by atoms with van der Waals surface area (Å²) in [6.07, 6.45) is 5.82. The first-order valence-corrected chi connectivity index (χ1v) is 7.82. The Morgan fingerprint density at radius 2 is 2.20 bits per heavy atom. The van der Waals surface area contributed by atoms with Crippen LogP contribution in [0.2, 0.25) is 0 Å². The first-order valence-electron chi connectivity index (χ1n) is 7.82. The number of anilines is 1. The fourth-order valence-electron chi connectivity index (χ4n) is 3.87. The third-order valence-electron chi connectivity index (χ3n) is 4.95. The Bertz CT molecular complexity index is 460. The summed E-state index contributed by atoms with van der Waals surface area (Å²) in [5.41, 5.74) is 7.28. The number of likely N-dealkylation sites (tertiary alicyclic amines) is 1. The fourth-order valence-corrected chi connectivity index (χ4v) is 3.87. The molecule has 110 valence electrons. The molecule has 3 atom stereocenters. The zero-order valence-electron chi connectivity index (χ0n) is 12.6. The summed E-state index contributed by atoms with van der Waals surface area (Å²) in [6.45, 7) is 5.53. The lowest BCUT2D eigenvalue weighted by atomic mass is 9.84. The monoisotopic (exact) mass is 274 g/mol. The minimum Gasteiger partial charge on any atom is -0.356 e. The van der Waals surface area contributed by atoms with Crippen molar-refractivity contribution in [2.24, 2.45) is 11.7 Å². The normalized spacial score (nSPS) is 29.1. The Hall–Kier alpha value is -1.13. The fraction of sp³-hybridized carbons (Fsp3) is 0.688. The van der Waals surface area contributed by atoms with E-state index in [1.807, 2.05) is 19.2 Å². The molecule has 2 aliphatic rings. The molecule has 1 aromatic heterocycles. The molecule has 20 heavy (non-hydrogen) atoms. The van der Waals surface area contributed by atoms with Gasteiger partial charge in [-0.05, 0) is 51.8 Å². The molecule has 2 aliphatic heterocycles. The van der Waals surface area contributed by atoms with Gasteiger partial charge in [-0.25, -0.2) is 4.98 Å². The van der Waals surface area contributed by atoms with E-state index in [9.17, 15) is 0 Å². The van der Waals surface area contributed by atoms with Crippen molar-refractivity contribution < 1.29 is 0 Å². The molecule has 2 unspecified atom stereocenters. The van der Waals surface area contributed by atoms with Gasteiger partial charge in [0.15, 0.2) is 0 Å². The first kappa shape index (κ1) is 13.8. The van der Waals surface area contributed by atoms with Crippen molar-refractivity contribution in [3.63, 3.8) is 0 Å². The molecule has 0 bridgehead atoms. The average Bonchev–Trinajstić information content (AvgIpc) is 2.47. The summed E-state index contributed by atoms with van der Waals surface area (Å²) >= 11 is 0. The molecule has 0 spiro atoms. The Morgan fingerprint density at radius 1 is 1.35 bits per heavy atom.